The van der Waals surface area contributed by atoms with E-state index in [2.05, 4.69) is 67.6 Å². The van der Waals surface area contributed by atoms with Crippen molar-refractivity contribution in [1.82, 2.24) is 5.32 Å². The van der Waals surface area contributed by atoms with Gasteiger partial charge in [0.1, 0.15) is 0 Å². The van der Waals surface area contributed by atoms with E-state index in [0.717, 1.165) is 11.4 Å². The standard InChI is InChI=1S/C19H14N/c1-13-9-11-14(12-10-13)15-6-4-7-17-16-5-2-3-8-18(16)20-19(15)17/h2-12H,1H3. The zero-order chi connectivity index (χ0) is 13.5. The maximum absolute atomic E-state index is 4.81. The molecule has 3 aromatic rings. The summed E-state index contributed by atoms with van der Waals surface area (Å²) < 4.78 is 0. The lowest BCUT2D eigenvalue weighted by Crippen LogP contribution is -1.87. The molecule has 0 aliphatic carbocycles. The van der Waals surface area contributed by atoms with Gasteiger partial charge in [0.2, 0.25) is 0 Å². The number of benzene rings is 3. The molecule has 4 rings (SSSR count). The fraction of sp³-hybridized carbons (Fsp3) is 0.0526. The van der Waals surface area contributed by atoms with Crippen molar-refractivity contribution in [2.75, 3.05) is 0 Å². The Bertz CT molecular complexity index is 785. The van der Waals surface area contributed by atoms with Gasteiger partial charge >= 0.3 is 0 Å². The molecule has 95 valence electrons. The molecule has 1 heterocycles. The van der Waals surface area contributed by atoms with E-state index >= 15 is 0 Å². The molecule has 1 aliphatic heterocycles. The Kier molecular flexibility index (Phi) is 2.40. The molecule has 0 spiro atoms. The van der Waals surface area contributed by atoms with E-state index in [1.54, 1.807) is 0 Å². The lowest BCUT2D eigenvalue weighted by atomic mass is 9.98. The maximum Gasteiger partial charge on any atom is 0.0794 e. The molecule has 0 N–H and O–H groups in total. The van der Waals surface area contributed by atoms with Crippen LogP contribution in [0.25, 0.3) is 22.3 Å². The number of fused-ring (bicyclic) bond motifs is 3. The van der Waals surface area contributed by atoms with Gasteiger partial charge in [-0.15, -0.1) is 0 Å². The third kappa shape index (κ3) is 1.64. The van der Waals surface area contributed by atoms with E-state index in [0.29, 0.717) is 0 Å². The molecule has 0 saturated heterocycles. The van der Waals surface area contributed by atoms with Crippen LogP contribution in [0.1, 0.15) is 5.56 Å². The molecule has 0 aromatic heterocycles. The summed E-state index contributed by atoms with van der Waals surface area (Å²) in [6.07, 6.45) is 0. The summed E-state index contributed by atoms with van der Waals surface area (Å²) in [4.78, 5) is 0. The topological polar surface area (TPSA) is 14.1 Å². The summed E-state index contributed by atoms with van der Waals surface area (Å²) in [5, 5.41) is 4.81. The average Bonchev–Trinajstić information content (AvgIpc) is 2.87. The van der Waals surface area contributed by atoms with Crippen molar-refractivity contribution < 1.29 is 0 Å². The highest BCUT2D eigenvalue weighted by molar-refractivity contribution is 5.97. The molecule has 0 bridgehead atoms. The fourth-order valence-electron chi connectivity index (χ4n) is 2.77. The van der Waals surface area contributed by atoms with Crippen LogP contribution in [0.2, 0.25) is 0 Å². The molecule has 0 saturated carbocycles. The maximum atomic E-state index is 4.81. The first-order valence-electron chi connectivity index (χ1n) is 6.84. The summed E-state index contributed by atoms with van der Waals surface area (Å²) in [6, 6.07) is 23.4. The average molecular weight is 256 g/mol. The zero-order valence-electron chi connectivity index (χ0n) is 11.3. The van der Waals surface area contributed by atoms with E-state index < -0.39 is 0 Å². The predicted octanol–water partition coefficient (Wildman–Crippen LogP) is 5.21. The van der Waals surface area contributed by atoms with Gasteiger partial charge in [0.25, 0.3) is 0 Å². The van der Waals surface area contributed by atoms with Crippen LogP contribution in [-0.2, 0) is 0 Å². The SMILES string of the molecule is Cc1ccc(-c2cccc3c2[N]c2ccccc2-3)cc1. The molecule has 0 unspecified atom stereocenters. The van der Waals surface area contributed by atoms with Crippen molar-refractivity contribution in [2.45, 2.75) is 6.92 Å². The summed E-state index contributed by atoms with van der Waals surface area (Å²) in [5.74, 6) is 0. The second kappa shape index (κ2) is 4.24. The zero-order valence-corrected chi connectivity index (χ0v) is 11.3. The Balaban J connectivity index is 1.91. The van der Waals surface area contributed by atoms with E-state index in [-0.39, 0.29) is 0 Å². The van der Waals surface area contributed by atoms with Gasteiger partial charge in [0.05, 0.1) is 11.4 Å². The lowest BCUT2D eigenvalue weighted by Gasteiger charge is -2.08. The molecule has 0 fully saturated rings. The molecular formula is C19H14N. The van der Waals surface area contributed by atoms with Crippen LogP contribution in [0.5, 0.6) is 0 Å². The van der Waals surface area contributed by atoms with Crippen LogP contribution in [0, 0.1) is 6.92 Å². The van der Waals surface area contributed by atoms with E-state index in [1.165, 1.54) is 27.8 Å². The normalized spacial score (nSPS) is 11.7. The minimum atomic E-state index is 1.07. The van der Waals surface area contributed by atoms with Gasteiger partial charge in [-0.05, 0) is 18.6 Å². The minimum absolute atomic E-state index is 1.07. The second-order valence-electron chi connectivity index (χ2n) is 5.20. The van der Waals surface area contributed by atoms with Crippen molar-refractivity contribution in [2.24, 2.45) is 0 Å². The summed E-state index contributed by atoms with van der Waals surface area (Å²) in [5.41, 5.74) is 8.35. The Labute approximate surface area is 118 Å². The summed E-state index contributed by atoms with van der Waals surface area (Å²) >= 11 is 0. The number of aryl methyl sites for hydroxylation is 1. The number of nitrogens with zero attached hydrogens (tertiary/aromatic N) is 1. The van der Waals surface area contributed by atoms with E-state index in [4.69, 9.17) is 5.32 Å². The molecule has 1 radical (unpaired) electrons. The molecule has 20 heavy (non-hydrogen) atoms. The molecule has 1 nitrogen and oxygen atoms in total. The number of hydrogen-bond acceptors (Lipinski definition) is 0. The molecule has 1 aliphatic rings. The molecule has 1 heteroatoms. The quantitative estimate of drug-likeness (QED) is 0.444. The van der Waals surface area contributed by atoms with Gasteiger partial charge in [-0.25, -0.2) is 5.32 Å². The molecule has 3 aromatic carbocycles. The first-order chi connectivity index (χ1) is 9.83. The minimum Gasteiger partial charge on any atom is -0.247 e. The van der Waals surface area contributed by atoms with Crippen molar-refractivity contribution in [3.8, 4) is 22.3 Å². The molecule has 0 amide bonds. The first kappa shape index (κ1) is 11.3. The first-order valence-corrected chi connectivity index (χ1v) is 6.84. The third-order valence-corrected chi connectivity index (χ3v) is 3.83. The third-order valence-electron chi connectivity index (χ3n) is 3.83. The van der Waals surface area contributed by atoms with Crippen LogP contribution in [0.15, 0.2) is 66.7 Å². The second-order valence-corrected chi connectivity index (χ2v) is 5.20. The largest absolute Gasteiger partial charge is 0.247 e. The van der Waals surface area contributed by atoms with Gasteiger partial charge in [-0.3, -0.25) is 0 Å². The van der Waals surface area contributed by atoms with Crippen LogP contribution in [-0.4, -0.2) is 0 Å². The van der Waals surface area contributed by atoms with Crippen LogP contribution >= 0.6 is 0 Å². The fourth-order valence-corrected chi connectivity index (χ4v) is 2.77. The predicted molar refractivity (Wildman–Crippen MR) is 83.5 cm³/mol. The van der Waals surface area contributed by atoms with Gasteiger partial charge in [-0.1, -0.05) is 66.2 Å². The van der Waals surface area contributed by atoms with Gasteiger partial charge in [-0.2, -0.15) is 0 Å². The van der Waals surface area contributed by atoms with Crippen LogP contribution < -0.4 is 5.32 Å². The van der Waals surface area contributed by atoms with E-state index in [9.17, 15) is 0 Å². The monoisotopic (exact) mass is 256 g/mol. The van der Waals surface area contributed by atoms with Crippen molar-refractivity contribution in [1.29, 1.82) is 0 Å². The Morgan fingerprint density at radius 2 is 1.35 bits per heavy atom. The van der Waals surface area contributed by atoms with Crippen molar-refractivity contribution >= 4 is 11.4 Å². The Hall–Kier alpha value is -2.54. The van der Waals surface area contributed by atoms with Gasteiger partial charge < -0.3 is 0 Å². The van der Waals surface area contributed by atoms with Crippen molar-refractivity contribution in [3.05, 3.63) is 72.3 Å². The summed E-state index contributed by atoms with van der Waals surface area (Å²) in [7, 11) is 0. The highest BCUT2D eigenvalue weighted by Gasteiger charge is 2.22. The van der Waals surface area contributed by atoms with E-state index in [1.807, 2.05) is 6.07 Å². The Morgan fingerprint density at radius 1 is 0.650 bits per heavy atom. The smallest absolute Gasteiger partial charge is 0.0794 e. The molecular weight excluding hydrogens is 242 g/mol. The van der Waals surface area contributed by atoms with Gasteiger partial charge in [0, 0.05) is 16.7 Å². The highest BCUT2D eigenvalue weighted by Crippen LogP contribution is 2.47. The van der Waals surface area contributed by atoms with Crippen LogP contribution in [0.4, 0.5) is 11.4 Å². The number of hydrogen-bond donors (Lipinski definition) is 0. The number of rotatable bonds is 1. The van der Waals surface area contributed by atoms with Crippen LogP contribution in [0.3, 0.4) is 0 Å². The molecule has 0 atom stereocenters. The van der Waals surface area contributed by atoms with Gasteiger partial charge in [0.15, 0.2) is 0 Å². The number of para-hydroxylation sites is 2. The lowest BCUT2D eigenvalue weighted by molar-refractivity contribution is 1.24. The summed E-state index contributed by atoms with van der Waals surface area (Å²) in [6.45, 7) is 2.11. The van der Waals surface area contributed by atoms with Crippen molar-refractivity contribution in [3.63, 3.8) is 0 Å². The Morgan fingerprint density at radius 3 is 2.20 bits per heavy atom. The highest BCUT2D eigenvalue weighted by atomic mass is 14.9.